The molecule has 0 aliphatic carbocycles. The zero-order chi connectivity index (χ0) is 16.7. The van der Waals surface area contributed by atoms with Gasteiger partial charge in [-0.25, -0.2) is 0 Å². The van der Waals surface area contributed by atoms with Gasteiger partial charge in [0.2, 0.25) is 5.91 Å². The van der Waals surface area contributed by atoms with Crippen molar-refractivity contribution in [1.82, 2.24) is 5.32 Å². The maximum Gasteiger partial charge on any atom is 0.225 e. The lowest BCUT2D eigenvalue weighted by Crippen LogP contribution is -2.47. The van der Waals surface area contributed by atoms with Crippen molar-refractivity contribution in [1.29, 1.82) is 0 Å². The van der Waals surface area contributed by atoms with Gasteiger partial charge in [-0.2, -0.15) is 0 Å². The summed E-state index contributed by atoms with van der Waals surface area (Å²) in [4.78, 5) is 12.3. The van der Waals surface area contributed by atoms with Crippen molar-refractivity contribution < 1.29 is 4.79 Å². The molecule has 1 N–H and O–H groups in total. The van der Waals surface area contributed by atoms with E-state index in [-0.39, 0.29) is 5.91 Å². The van der Waals surface area contributed by atoms with Gasteiger partial charge in [-0.05, 0) is 29.5 Å². The Bertz CT molecular complexity index is 676. The van der Waals surface area contributed by atoms with E-state index in [0.717, 1.165) is 24.0 Å². The average molecular weight is 305 g/mol. The van der Waals surface area contributed by atoms with E-state index in [9.17, 15) is 4.79 Å². The van der Waals surface area contributed by atoms with Crippen molar-refractivity contribution in [2.75, 3.05) is 0 Å². The lowest BCUT2D eigenvalue weighted by molar-refractivity contribution is -0.121. The fourth-order valence-electron chi connectivity index (χ4n) is 2.61. The third-order valence-electron chi connectivity index (χ3n) is 4.29. The molecule has 0 aliphatic rings. The predicted molar refractivity (Wildman–Crippen MR) is 95.9 cm³/mol. The standard InChI is InChI=1S/C21H23NO/c1-4-21(5-2,6-3)22-20(23)16-17-12-14-19(15-13-17)18-10-8-7-9-11-18/h1,7-15H,5-6,16H2,2-3H3,(H,22,23). The molecule has 0 atom stereocenters. The first-order chi connectivity index (χ1) is 11.1. The van der Waals surface area contributed by atoms with Crippen LogP contribution in [0.5, 0.6) is 0 Å². The van der Waals surface area contributed by atoms with Crippen LogP contribution < -0.4 is 5.32 Å². The first-order valence-electron chi connectivity index (χ1n) is 8.05. The zero-order valence-electron chi connectivity index (χ0n) is 13.8. The van der Waals surface area contributed by atoms with Crippen molar-refractivity contribution in [2.45, 2.75) is 38.6 Å². The third-order valence-corrected chi connectivity index (χ3v) is 4.29. The van der Waals surface area contributed by atoms with Crippen molar-refractivity contribution in [3.63, 3.8) is 0 Å². The number of terminal acetylenes is 1. The summed E-state index contributed by atoms with van der Waals surface area (Å²) in [6.45, 7) is 4.00. The van der Waals surface area contributed by atoms with Crippen LogP contribution in [0.1, 0.15) is 32.3 Å². The van der Waals surface area contributed by atoms with E-state index in [1.54, 1.807) is 0 Å². The number of rotatable bonds is 6. The molecule has 23 heavy (non-hydrogen) atoms. The van der Waals surface area contributed by atoms with Gasteiger partial charge in [0, 0.05) is 0 Å². The third kappa shape index (κ3) is 4.23. The van der Waals surface area contributed by atoms with Crippen LogP contribution in [0.25, 0.3) is 11.1 Å². The summed E-state index contributed by atoms with van der Waals surface area (Å²) in [5.74, 6) is 2.70. The van der Waals surface area contributed by atoms with Crippen molar-refractivity contribution >= 4 is 5.91 Å². The number of amides is 1. The number of hydrogen-bond donors (Lipinski definition) is 1. The predicted octanol–water partition coefficient (Wildman–Crippen LogP) is 4.20. The van der Waals surface area contributed by atoms with E-state index in [4.69, 9.17) is 6.42 Å². The fraction of sp³-hybridized carbons (Fsp3) is 0.286. The van der Waals surface area contributed by atoms with Crippen LogP contribution >= 0.6 is 0 Å². The van der Waals surface area contributed by atoms with Crippen LogP contribution in [0.2, 0.25) is 0 Å². The van der Waals surface area contributed by atoms with Gasteiger partial charge in [0.1, 0.15) is 5.54 Å². The first kappa shape index (κ1) is 16.8. The van der Waals surface area contributed by atoms with Crippen LogP contribution in [-0.2, 0) is 11.2 Å². The molecule has 0 aromatic heterocycles. The maximum absolute atomic E-state index is 12.3. The second-order valence-electron chi connectivity index (χ2n) is 5.72. The molecule has 0 aliphatic heterocycles. The van der Waals surface area contributed by atoms with Gasteiger partial charge in [0.25, 0.3) is 0 Å². The molecular weight excluding hydrogens is 282 g/mol. The van der Waals surface area contributed by atoms with Gasteiger partial charge in [0.05, 0.1) is 6.42 Å². The molecule has 0 saturated heterocycles. The smallest absolute Gasteiger partial charge is 0.225 e. The fourth-order valence-corrected chi connectivity index (χ4v) is 2.61. The largest absolute Gasteiger partial charge is 0.340 e. The molecule has 0 heterocycles. The van der Waals surface area contributed by atoms with Gasteiger partial charge >= 0.3 is 0 Å². The Balaban J connectivity index is 2.04. The summed E-state index contributed by atoms with van der Waals surface area (Å²) >= 11 is 0. The Labute approximate surface area is 138 Å². The molecule has 2 rings (SSSR count). The van der Waals surface area contributed by atoms with Crippen LogP contribution in [0, 0.1) is 12.3 Å². The molecule has 0 radical (unpaired) electrons. The highest BCUT2D eigenvalue weighted by Crippen LogP contribution is 2.20. The summed E-state index contributed by atoms with van der Waals surface area (Å²) in [5.41, 5.74) is 2.78. The minimum Gasteiger partial charge on any atom is -0.340 e. The molecule has 2 aromatic rings. The van der Waals surface area contributed by atoms with Crippen molar-refractivity contribution in [3.05, 3.63) is 60.2 Å². The lowest BCUT2D eigenvalue weighted by Gasteiger charge is -2.27. The van der Waals surface area contributed by atoms with E-state index in [1.807, 2.05) is 56.3 Å². The highest BCUT2D eigenvalue weighted by molar-refractivity contribution is 5.80. The SMILES string of the molecule is C#CC(CC)(CC)NC(=O)Cc1ccc(-c2ccccc2)cc1. The monoisotopic (exact) mass is 305 g/mol. The Morgan fingerprint density at radius 3 is 2.09 bits per heavy atom. The van der Waals surface area contributed by atoms with Gasteiger partial charge in [-0.3, -0.25) is 4.79 Å². The molecule has 2 nitrogen and oxygen atoms in total. The Hall–Kier alpha value is -2.53. The first-order valence-corrected chi connectivity index (χ1v) is 8.05. The van der Waals surface area contributed by atoms with Crippen molar-refractivity contribution in [3.8, 4) is 23.5 Å². The highest BCUT2D eigenvalue weighted by Gasteiger charge is 2.25. The second kappa shape index (κ2) is 7.65. The van der Waals surface area contributed by atoms with Gasteiger partial charge in [-0.15, -0.1) is 6.42 Å². The van der Waals surface area contributed by atoms with Crippen LogP contribution in [0.4, 0.5) is 0 Å². The molecule has 0 spiro atoms. The number of carbonyl (C=O) groups excluding carboxylic acids is 1. The van der Waals surface area contributed by atoms with Crippen molar-refractivity contribution in [2.24, 2.45) is 0 Å². The van der Waals surface area contributed by atoms with Gasteiger partial charge in [0.15, 0.2) is 0 Å². The summed E-state index contributed by atoms with van der Waals surface area (Å²) in [5, 5.41) is 3.00. The molecule has 1 amide bonds. The molecule has 0 fully saturated rings. The number of carbonyl (C=O) groups is 1. The molecule has 118 valence electrons. The van der Waals surface area contributed by atoms with Gasteiger partial charge < -0.3 is 5.32 Å². The minimum atomic E-state index is -0.527. The molecule has 2 heteroatoms. The summed E-state index contributed by atoms with van der Waals surface area (Å²) in [6, 6.07) is 18.3. The Kier molecular flexibility index (Phi) is 5.60. The average Bonchev–Trinajstić information content (AvgIpc) is 2.61. The molecule has 0 unspecified atom stereocenters. The van der Waals surface area contributed by atoms with Crippen LogP contribution in [-0.4, -0.2) is 11.4 Å². The van der Waals surface area contributed by atoms with E-state index >= 15 is 0 Å². The Morgan fingerprint density at radius 2 is 1.57 bits per heavy atom. The number of nitrogens with one attached hydrogen (secondary N) is 1. The van der Waals surface area contributed by atoms with E-state index in [2.05, 4.69) is 23.4 Å². The second-order valence-corrected chi connectivity index (χ2v) is 5.72. The van der Waals surface area contributed by atoms with E-state index < -0.39 is 5.54 Å². The molecule has 0 saturated carbocycles. The topological polar surface area (TPSA) is 29.1 Å². The van der Waals surface area contributed by atoms with E-state index in [1.165, 1.54) is 5.56 Å². The lowest BCUT2D eigenvalue weighted by atomic mass is 9.93. The minimum absolute atomic E-state index is 0.0286. The normalized spacial score (nSPS) is 10.8. The van der Waals surface area contributed by atoms with Crippen LogP contribution in [0.15, 0.2) is 54.6 Å². The molecular formula is C21H23NO. The zero-order valence-corrected chi connectivity index (χ0v) is 13.8. The number of benzene rings is 2. The molecule has 0 bridgehead atoms. The highest BCUT2D eigenvalue weighted by atomic mass is 16.1. The summed E-state index contributed by atoms with van der Waals surface area (Å²) in [6.07, 6.45) is 7.41. The summed E-state index contributed by atoms with van der Waals surface area (Å²) in [7, 11) is 0. The quantitative estimate of drug-likeness (QED) is 0.796. The van der Waals surface area contributed by atoms with Crippen LogP contribution in [0.3, 0.4) is 0 Å². The molecule has 2 aromatic carbocycles. The summed E-state index contributed by atoms with van der Waals surface area (Å²) < 4.78 is 0. The van der Waals surface area contributed by atoms with E-state index in [0.29, 0.717) is 6.42 Å². The number of hydrogen-bond acceptors (Lipinski definition) is 1. The van der Waals surface area contributed by atoms with Gasteiger partial charge in [-0.1, -0.05) is 74.4 Å². The Morgan fingerprint density at radius 1 is 1.00 bits per heavy atom. The maximum atomic E-state index is 12.3.